The zero-order valence-corrected chi connectivity index (χ0v) is 11.2. The predicted octanol–water partition coefficient (Wildman–Crippen LogP) is -0.680. The fourth-order valence-electron chi connectivity index (χ4n) is 2.98. The van der Waals surface area contributed by atoms with E-state index in [1.807, 2.05) is 0 Å². The van der Waals surface area contributed by atoms with Gasteiger partial charge in [-0.15, -0.1) is 0 Å². The second kappa shape index (κ2) is 4.73. The van der Waals surface area contributed by atoms with Gasteiger partial charge in [0.15, 0.2) is 0 Å². The first-order valence-electron chi connectivity index (χ1n) is 6.65. The van der Waals surface area contributed by atoms with E-state index in [9.17, 15) is 14.4 Å². The van der Waals surface area contributed by atoms with E-state index >= 15 is 0 Å². The predicted molar refractivity (Wildman–Crippen MR) is 70.0 cm³/mol. The molecule has 2 amide bonds. The highest BCUT2D eigenvalue weighted by Gasteiger charge is 2.43. The maximum absolute atomic E-state index is 12.3. The van der Waals surface area contributed by atoms with Crippen LogP contribution in [-0.4, -0.2) is 58.3 Å². The van der Waals surface area contributed by atoms with Gasteiger partial charge in [-0.05, 0) is 12.3 Å². The number of aromatic nitrogens is 2. The molecule has 0 saturated carbocycles. The normalized spacial score (nSPS) is 25.8. The first-order chi connectivity index (χ1) is 9.56. The maximum atomic E-state index is 12.3. The van der Waals surface area contributed by atoms with Gasteiger partial charge in [0.25, 0.3) is 11.5 Å². The molecule has 20 heavy (non-hydrogen) atoms. The zero-order valence-electron chi connectivity index (χ0n) is 11.2. The Kier molecular flexibility index (Phi) is 3.04. The quantitative estimate of drug-likeness (QED) is 0.736. The van der Waals surface area contributed by atoms with Crippen molar-refractivity contribution < 1.29 is 9.59 Å². The van der Waals surface area contributed by atoms with E-state index in [-0.39, 0.29) is 34.9 Å². The lowest BCUT2D eigenvalue weighted by Crippen LogP contribution is -2.42. The summed E-state index contributed by atoms with van der Waals surface area (Å²) >= 11 is 0. The molecule has 2 atom stereocenters. The van der Waals surface area contributed by atoms with Gasteiger partial charge in [0.05, 0.1) is 12.1 Å². The number of carbonyl (C=O) groups is 2. The summed E-state index contributed by atoms with van der Waals surface area (Å²) in [7, 11) is 1.80. The molecule has 2 aliphatic rings. The van der Waals surface area contributed by atoms with Gasteiger partial charge < -0.3 is 14.8 Å². The number of aromatic amines is 1. The van der Waals surface area contributed by atoms with Gasteiger partial charge in [-0.1, -0.05) is 0 Å². The maximum Gasteiger partial charge on any atom is 0.273 e. The molecular formula is C13H16N4O3. The van der Waals surface area contributed by atoms with E-state index in [1.54, 1.807) is 16.8 Å². The molecule has 0 radical (unpaired) electrons. The first kappa shape index (κ1) is 12.8. The number of H-pyrrole nitrogens is 1. The summed E-state index contributed by atoms with van der Waals surface area (Å²) in [6, 6.07) is 0. The minimum absolute atomic E-state index is 0.0968. The molecule has 3 rings (SSSR count). The highest BCUT2D eigenvalue weighted by Crippen LogP contribution is 2.32. The number of nitrogens with one attached hydrogen (secondary N) is 1. The Morgan fingerprint density at radius 2 is 2.20 bits per heavy atom. The number of likely N-dealkylation sites (tertiary alicyclic amines) is 2. The third kappa shape index (κ3) is 2.09. The van der Waals surface area contributed by atoms with E-state index < -0.39 is 0 Å². The second-order valence-electron chi connectivity index (χ2n) is 5.42. The van der Waals surface area contributed by atoms with Crippen LogP contribution in [0.3, 0.4) is 0 Å². The lowest BCUT2D eigenvalue weighted by atomic mass is 9.88. The third-order valence-corrected chi connectivity index (χ3v) is 4.15. The number of hydrogen-bond acceptors (Lipinski definition) is 4. The number of fused-ring (bicyclic) bond motifs is 1. The number of rotatable bonds is 1. The van der Waals surface area contributed by atoms with Crippen molar-refractivity contribution in [3.63, 3.8) is 0 Å². The van der Waals surface area contributed by atoms with Crippen LogP contribution in [0.5, 0.6) is 0 Å². The molecule has 1 aromatic rings. The van der Waals surface area contributed by atoms with Gasteiger partial charge in [-0.25, -0.2) is 4.98 Å². The fourth-order valence-corrected chi connectivity index (χ4v) is 2.98. The van der Waals surface area contributed by atoms with Gasteiger partial charge >= 0.3 is 0 Å². The van der Waals surface area contributed by atoms with Gasteiger partial charge in [0.2, 0.25) is 5.91 Å². The van der Waals surface area contributed by atoms with Crippen molar-refractivity contribution in [2.75, 3.05) is 26.7 Å². The number of hydrogen-bond donors (Lipinski definition) is 1. The van der Waals surface area contributed by atoms with Crippen LogP contribution in [0, 0.1) is 11.8 Å². The van der Waals surface area contributed by atoms with Crippen LogP contribution in [0.15, 0.2) is 17.2 Å². The van der Waals surface area contributed by atoms with Gasteiger partial charge in [-0.2, -0.15) is 0 Å². The van der Waals surface area contributed by atoms with Crippen LogP contribution in [0.2, 0.25) is 0 Å². The van der Waals surface area contributed by atoms with Gasteiger partial charge in [0.1, 0.15) is 5.69 Å². The van der Waals surface area contributed by atoms with E-state index in [1.165, 1.54) is 6.20 Å². The number of carbonyl (C=O) groups excluding carboxylic acids is 2. The molecule has 1 aromatic heterocycles. The Balaban J connectivity index is 1.76. The third-order valence-electron chi connectivity index (χ3n) is 4.15. The van der Waals surface area contributed by atoms with Crippen LogP contribution in [0.25, 0.3) is 0 Å². The Hall–Kier alpha value is -2.18. The number of nitrogens with zero attached hydrogens (tertiary/aromatic N) is 3. The summed E-state index contributed by atoms with van der Waals surface area (Å²) in [4.78, 5) is 45.0. The van der Waals surface area contributed by atoms with Crippen molar-refractivity contribution in [1.82, 2.24) is 19.8 Å². The topological polar surface area (TPSA) is 86.4 Å². The smallest absolute Gasteiger partial charge is 0.273 e. The molecule has 1 N–H and O–H groups in total. The van der Waals surface area contributed by atoms with Crippen molar-refractivity contribution >= 4 is 11.8 Å². The number of piperidine rings is 1. The fraction of sp³-hybridized carbons (Fsp3) is 0.538. The molecule has 0 unspecified atom stereocenters. The van der Waals surface area contributed by atoms with Gasteiger partial charge in [-0.3, -0.25) is 14.4 Å². The molecule has 3 heterocycles. The highest BCUT2D eigenvalue weighted by molar-refractivity contribution is 5.93. The van der Waals surface area contributed by atoms with Crippen molar-refractivity contribution in [1.29, 1.82) is 0 Å². The molecule has 7 heteroatoms. The van der Waals surface area contributed by atoms with Crippen molar-refractivity contribution in [2.24, 2.45) is 11.8 Å². The highest BCUT2D eigenvalue weighted by atomic mass is 16.2. The average molecular weight is 276 g/mol. The molecule has 7 nitrogen and oxygen atoms in total. The molecule has 2 fully saturated rings. The molecule has 0 bridgehead atoms. The summed E-state index contributed by atoms with van der Waals surface area (Å²) in [6.45, 7) is 1.77. The van der Waals surface area contributed by atoms with Crippen LogP contribution in [-0.2, 0) is 4.79 Å². The first-order valence-corrected chi connectivity index (χ1v) is 6.65. The minimum Gasteiger partial charge on any atom is -0.345 e. The number of amides is 2. The largest absolute Gasteiger partial charge is 0.345 e. The SMILES string of the molecule is CN1CC[C@@H]2CN(C(=O)c3c[nH]c(=O)cn3)C[C@@H]2C1=O. The molecular weight excluding hydrogens is 260 g/mol. The van der Waals surface area contributed by atoms with Crippen LogP contribution < -0.4 is 5.56 Å². The molecule has 0 spiro atoms. The van der Waals surface area contributed by atoms with Crippen molar-refractivity contribution in [3.05, 3.63) is 28.4 Å². The molecule has 106 valence electrons. The zero-order chi connectivity index (χ0) is 14.3. The van der Waals surface area contributed by atoms with E-state index in [2.05, 4.69) is 9.97 Å². The standard InChI is InChI=1S/C13H16N4O3/c1-16-3-2-8-6-17(7-9(8)12(16)19)13(20)10-4-15-11(18)5-14-10/h4-5,8-9H,2-3,6-7H2,1H3,(H,15,18)/t8-,9+/m1/s1. The van der Waals surface area contributed by atoms with Crippen LogP contribution in [0.4, 0.5) is 0 Å². The van der Waals surface area contributed by atoms with Crippen molar-refractivity contribution in [3.8, 4) is 0 Å². The van der Waals surface area contributed by atoms with E-state index in [0.29, 0.717) is 13.1 Å². The molecule has 2 saturated heterocycles. The summed E-state index contributed by atoms with van der Waals surface area (Å²) in [6.07, 6.45) is 3.34. The summed E-state index contributed by atoms with van der Waals surface area (Å²) in [5.74, 6) is 0.0305. The Morgan fingerprint density at radius 3 is 2.90 bits per heavy atom. The molecule has 0 aromatic carbocycles. The summed E-state index contributed by atoms with van der Waals surface area (Å²) < 4.78 is 0. The lowest BCUT2D eigenvalue weighted by Gasteiger charge is -2.30. The Morgan fingerprint density at radius 1 is 1.40 bits per heavy atom. The summed E-state index contributed by atoms with van der Waals surface area (Å²) in [5.41, 5.74) is -0.127. The average Bonchev–Trinajstić information content (AvgIpc) is 2.88. The monoisotopic (exact) mass is 276 g/mol. The van der Waals surface area contributed by atoms with E-state index in [4.69, 9.17) is 0 Å². The van der Waals surface area contributed by atoms with Crippen LogP contribution >= 0.6 is 0 Å². The molecule has 2 aliphatic heterocycles. The lowest BCUT2D eigenvalue weighted by molar-refractivity contribution is -0.137. The second-order valence-corrected chi connectivity index (χ2v) is 5.42. The Labute approximate surface area is 115 Å². The van der Waals surface area contributed by atoms with E-state index in [0.717, 1.165) is 19.2 Å². The minimum atomic E-state index is -0.339. The summed E-state index contributed by atoms with van der Waals surface area (Å²) in [5, 5.41) is 0. The van der Waals surface area contributed by atoms with Crippen molar-refractivity contribution in [2.45, 2.75) is 6.42 Å². The molecule has 0 aliphatic carbocycles. The van der Waals surface area contributed by atoms with Gasteiger partial charge in [0, 0.05) is 32.9 Å². The Bertz CT molecular complexity index is 591. The van der Waals surface area contributed by atoms with Crippen LogP contribution in [0.1, 0.15) is 16.9 Å².